The van der Waals surface area contributed by atoms with Gasteiger partial charge in [-0.3, -0.25) is 14.6 Å². The summed E-state index contributed by atoms with van der Waals surface area (Å²) in [4.78, 5) is 16.8. The molecule has 128 valence electrons. The Morgan fingerprint density at radius 1 is 1.48 bits per heavy atom. The molecule has 2 atom stereocenters. The van der Waals surface area contributed by atoms with Crippen LogP contribution < -0.4 is 0 Å². The number of carbonyl (C=O) groups is 1. The molecule has 2 fully saturated rings. The lowest BCUT2D eigenvalue weighted by Crippen LogP contribution is -2.41. The molecule has 2 aliphatic heterocycles. The van der Waals surface area contributed by atoms with Gasteiger partial charge in [-0.2, -0.15) is 11.3 Å². The van der Waals surface area contributed by atoms with Gasteiger partial charge in [-0.05, 0) is 41.8 Å². The summed E-state index contributed by atoms with van der Waals surface area (Å²) in [5.74, 6) is -0.405. The van der Waals surface area contributed by atoms with Crippen molar-refractivity contribution >= 4 is 17.3 Å². The molecule has 1 N–H and O–H groups in total. The zero-order valence-electron chi connectivity index (χ0n) is 13.7. The average molecular weight is 338 g/mol. The minimum absolute atomic E-state index is 0.206. The van der Waals surface area contributed by atoms with Crippen LogP contribution in [0.2, 0.25) is 0 Å². The van der Waals surface area contributed by atoms with Crippen molar-refractivity contribution in [3.05, 3.63) is 22.4 Å². The largest absolute Gasteiger partial charge is 0.481 e. The molecule has 0 saturated carbocycles. The number of rotatable bonds is 6. The summed E-state index contributed by atoms with van der Waals surface area (Å²) in [6, 6.07) is 2.17. The minimum atomic E-state index is -0.611. The van der Waals surface area contributed by atoms with E-state index >= 15 is 0 Å². The van der Waals surface area contributed by atoms with Gasteiger partial charge in [0.2, 0.25) is 0 Å². The van der Waals surface area contributed by atoms with E-state index in [-0.39, 0.29) is 5.92 Å². The van der Waals surface area contributed by atoms with Crippen molar-refractivity contribution in [2.45, 2.75) is 19.4 Å². The number of likely N-dealkylation sites (tertiary alicyclic amines) is 2. The van der Waals surface area contributed by atoms with Gasteiger partial charge in [-0.15, -0.1) is 0 Å². The molecule has 6 heteroatoms. The smallest absolute Gasteiger partial charge is 0.311 e. The molecule has 2 aliphatic rings. The maximum absolute atomic E-state index is 12.1. The Morgan fingerprint density at radius 2 is 2.30 bits per heavy atom. The Hall–Kier alpha value is -0.950. The van der Waals surface area contributed by atoms with Crippen molar-refractivity contribution < 1.29 is 14.6 Å². The predicted molar refractivity (Wildman–Crippen MR) is 90.7 cm³/mol. The van der Waals surface area contributed by atoms with Crippen LogP contribution in [-0.2, 0) is 16.1 Å². The van der Waals surface area contributed by atoms with Gasteiger partial charge >= 0.3 is 5.97 Å². The molecule has 2 saturated heterocycles. The highest BCUT2D eigenvalue weighted by Gasteiger charge is 2.53. The van der Waals surface area contributed by atoms with Gasteiger partial charge in [0, 0.05) is 45.8 Å². The van der Waals surface area contributed by atoms with Crippen LogP contribution >= 0.6 is 11.3 Å². The zero-order chi connectivity index (χ0) is 16.3. The summed E-state index contributed by atoms with van der Waals surface area (Å²) in [6.07, 6.45) is 1.75. The highest BCUT2D eigenvalue weighted by atomic mass is 32.1. The van der Waals surface area contributed by atoms with E-state index < -0.39 is 11.4 Å². The molecule has 3 rings (SSSR count). The molecule has 0 unspecified atom stereocenters. The molecule has 0 bridgehead atoms. The molecule has 0 aromatic carbocycles. The van der Waals surface area contributed by atoms with E-state index in [2.05, 4.69) is 26.6 Å². The number of thiophene rings is 1. The van der Waals surface area contributed by atoms with Crippen LogP contribution in [0.1, 0.15) is 18.4 Å². The fraction of sp³-hybridized carbons (Fsp3) is 0.706. The van der Waals surface area contributed by atoms with E-state index in [1.54, 1.807) is 18.4 Å². The van der Waals surface area contributed by atoms with Crippen LogP contribution in [0.4, 0.5) is 0 Å². The molecule has 5 nitrogen and oxygen atoms in total. The number of methoxy groups -OCH3 is 1. The number of ether oxygens (including phenoxy) is 1. The van der Waals surface area contributed by atoms with Gasteiger partial charge in [-0.25, -0.2) is 0 Å². The second-order valence-corrected chi connectivity index (χ2v) is 7.64. The number of nitrogens with zero attached hydrogens (tertiary/aromatic N) is 2. The summed E-state index contributed by atoms with van der Waals surface area (Å²) < 4.78 is 5.17. The summed E-state index contributed by atoms with van der Waals surface area (Å²) >= 11 is 1.72. The first-order chi connectivity index (χ1) is 11.1. The quantitative estimate of drug-likeness (QED) is 0.860. The van der Waals surface area contributed by atoms with Gasteiger partial charge in [0.05, 0.1) is 12.0 Å². The molecular weight excluding hydrogens is 312 g/mol. The Labute approximate surface area is 141 Å². The Morgan fingerprint density at radius 3 is 3.00 bits per heavy atom. The first-order valence-corrected chi connectivity index (χ1v) is 9.26. The van der Waals surface area contributed by atoms with E-state index in [4.69, 9.17) is 4.74 Å². The molecule has 0 radical (unpaired) electrons. The van der Waals surface area contributed by atoms with Crippen molar-refractivity contribution in [1.29, 1.82) is 0 Å². The van der Waals surface area contributed by atoms with Gasteiger partial charge in [0.1, 0.15) is 0 Å². The molecule has 0 amide bonds. The van der Waals surface area contributed by atoms with Gasteiger partial charge in [-0.1, -0.05) is 0 Å². The fourth-order valence-electron chi connectivity index (χ4n) is 4.14. The third kappa shape index (κ3) is 3.60. The van der Waals surface area contributed by atoms with Crippen molar-refractivity contribution in [2.24, 2.45) is 11.3 Å². The SMILES string of the molecule is COCCN1C[C@@H]2CN(Cc3ccsc3)CCC[C@]2(C(=O)O)C1. The lowest BCUT2D eigenvalue weighted by atomic mass is 9.75. The molecule has 0 aliphatic carbocycles. The van der Waals surface area contributed by atoms with Crippen LogP contribution in [0.3, 0.4) is 0 Å². The monoisotopic (exact) mass is 338 g/mol. The number of carboxylic acid groups (broad SMARTS) is 1. The molecule has 0 spiro atoms. The second-order valence-electron chi connectivity index (χ2n) is 6.86. The molecule has 1 aromatic heterocycles. The van der Waals surface area contributed by atoms with Crippen LogP contribution in [0, 0.1) is 11.3 Å². The normalized spacial score (nSPS) is 29.3. The van der Waals surface area contributed by atoms with Crippen LogP contribution in [-0.4, -0.2) is 67.3 Å². The number of hydrogen-bond acceptors (Lipinski definition) is 5. The maximum Gasteiger partial charge on any atom is 0.311 e. The van der Waals surface area contributed by atoms with E-state index in [9.17, 15) is 9.90 Å². The summed E-state index contributed by atoms with van der Waals surface area (Å²) in [5, 5.41) is 14.2. The van der Waals surface area contributed by atoms with Crippen molar-refractivity contribution in [2.75, 3.05) is 46.4 Å². The molecule has 23 heavy (non-hydrogen) atoms. The second kappa shape index (κ2) is 7.30. The van der Waals surface area contributed by atoms with E-state index in [1.807, 2.05) is 0 Å². The molecule has 3 heterocycles. The maximum atomic E-state index is 12.1. The summed E-state index contributed by atoms with van der Waals surface area (Å²) in [7, 11) is 1.70. The number of carboxylic acids is 1. The average Bonchev–Trinajstić information content (AvgIpc) is 3.11. The topological polar surface area (TPSA) is 53.0 Å². The first kappa shape index (κ1) is 16.9. The lowest BCUT2D eigenvalue weighted by Gasteiger charge is -2.29. The summed E-state index contributed by atoms with van der Waals surface area (Å²) in [5.41, 5.74) is 0.768. The first-order valence-electron chi connectivity index (χ1n) is 8.32. The van der Waals surface area contributed by atoms with Gasteiger partial charge < -0.3 is 9.84 Å². The Balaban J connectivity index is 1.71. The molecular formula is C17H26N2O3S. The highest BCUT2D eigenvalue weighted by Crippen LogP contribution is 2.43. The number of aliphatic carboxylic acids is 1. The zero-order valence-corrected chi connectivity index (χ0v) is 14.6. The van der Waals surface area contributed by atoms with Crippen molar-refractivity contribution in [3.8, 4) is 0 Å². The minimum Gasteiger partial charge on any atom is -0.481 e. The fourth-order valence-corrected chi connectivity index (χ4v) is 4.80. The Kier molecular flexibility index (Phi) is 5.36. The standard InChI is InChI=1S/C17H26N2O3S/c1-22-7-6-19-11-15-10-18(9-14-3-8-23-12-14)5-2-4-17(15,13-19)16(20)21/h3,8,12,15H,2,4-7,9-11,13H2,1H3,(H,20,21)/t15-,17-/m0/s1. The summed E-state index contributed by atoms with van der Waals surface area (Å²) in [6.45, 7) is 5.85. The third-order valence-electron chi connectivity index (χ3n) is 5.37. The van der Waals surface area contributed by atoms with E-state index in [0.717, 1.165) is 45.6 Å². The lowest BCUT2D eigenvalue weighted by molar-refractivity contribution is -0.151. The highest BCUT2D eigenvalue weighted by molar-refractivity contribution is 7.07. The van der Waals surface area contributed by atoms with Crippen molar-refractivity contribution in [1.82, 2.24) is 9.80 Å². The van der Waals surface area contributed by atoms with Crippen LogP contribution in [0.25, 0.3) is 0 Å². The van der Waals surface area contributed by atoms with Gasteiger partial charge in [0.15, 0.2) is 0 Å². The van der Waals surface area contributed by atoms with Crippen LogP contribution in [0.5, 0.6) is 0 Å². The van der Waals surface area contributed by atoms with E-state index in [0.29, 0.717) is 13.2 Å². The van der Waals surface area contributed by atoms with Crippen molar-refractivity contribution in [3.63, 3.8) is 0 Å². The number of hydrogen-bond donors (Lipinski definition) is 1. The number of fused-ring (bicyclic) bond motifs is 1. The molecule has 1 aromatic rings. The predicted octanol–water partition coefficient (Wildman–Crippen LogP) is 1.99. The van der Waals surface area contributed by atoms with Crippen LogP contribution in [0.15, 0.2) is 16.8 Å². The van der Waals surface area contributed by atoms with E-state index in [1.165, 1.54) is 5.56 Å². The Bertz CT molecular complexity index is 522. The third-order valence-corrected chi connectivity index (χ3v) is 6.10. The van der Waals surface area contributed by atoms with Gasteiger partial charge in [0.25, 0.3) is 0 Å².